The van der Waals surface area contributed by atoms with E-state index < -0.39 is 0 Å². The van der Waals surface area contributed by atoms with E-state index in [2.05, 4.69) is 27.4 Å². The fraction of sp³-hybridized carbons (Fsp3) is 0.611. The van der Waals surface area contributed by atoms with Gasteiger partial charge in [0.05, 0.1) is 0 Å². The van der Waals surface area contributed by atoms with Crippen molar-refractivity contribution in [3.8, 4) is 0 Å². The molecule has 0 atom stereocenters. The average molecular weight is 448 g/mol. The van der Waals surface area contributed by atoms with Crippen LogP contribution >= 0.6 is 24.0 Å². The van der Waals surface area contributed by atoms with Crippen LogP contribution in [0.1, 0.15) is 31.7 Å². The molecule has 24 heavy (non-hydrogen) atoms. The van der Waals surface area contributed by atoms with Crippen LogP contribution in [0.15, 0.2) is 29.3 Å². The standard InChI is InChI=1S/C18H29FN4.HI/c1-3-10-21-18(20-2)22-13-15-8-11-23(12-9-15)14-16-6-4-5-7-17(16)19;/h4-7,15H,3,8-14H2,1-2H3,(H2,20,21,22);1H. The molecule has 4 nitrogen and oxygen atoms in total. The molecule has 1 aliphatic heterocycles. The topological polar surface area (TPSA) is 39.7 Å². The van der Waals surface area contributed by atoms with Crippen molar-refractivity contribution in [2.24, 2.45) is 10.9 Å². The highest BCUT2D eigenvalue weighted by atomic mass is 127. The van der Waals surface area contributed by atoms with Gasteiger partial charge in [0.25, 0.3) is 0 Å². The lowest BCUT2D eigenvalue weighted by Crippen LogP contribution is -2.42. The number of benzene rings is 1. The Morgan fingerprint density at radius 3 is 2.58 bits per heavy atom. The van der Waals surface area contributed by atoms with E-state index >= 15 is 0 Å². The van der Waals surface area contributed by atoms with Gasteiger partial charge < -0.3 is 10.6 Å². The third-order valence-corrected chi connectivity index (χ3v) is 4.38. The number of nitrogens with zero attached hydrogens (tertiary/aromatic N) is 2. The summed E-state index contributed by atoms with van der Waals surface area (Å²) in [6.07, 6.45) is 3.38. The Kier molecular flexibility index (Phi) is 10.2. The Labute approximate surface area is 162 Å². The normalized spacial score (nSPS) is 16.5. The number of hydrogen-bond donors (Lipinski definition) is 2. The average Bonchev–Trinajstić information content (AvgIpc) is 2.58. The van der Waals surface area contributed by atoms with Gasteiger partial charge in [-0.15, -0.1) is 24.0 Å². The summed E-state index contributed by atoms with van der Waals surface area (Å²) in [5, 5.41) is 6.70. The Morgan fingerprint density at radius 2 is 1.96 bits per heavy atom. The predicted octanol–water partition coefficient (Wildman–Crippen LogP) is 3.23. The number of rotatable bonds is 6. The van der Waals surface area contributed by atoms with Crippen molar-refractivity contribution in [2.45, 2.75) is 32.7 Å². The maximum Gasteiger partial charge on any atom is 0.190 e. The second-order valence-electron chi connectivity index (χ2n) is 6.19. The molecule has 0 aromatic heterocycles. The van der Waals surface area contributed by atoms with E-state index in [1.54, 1.807) is 12.1 Å². The van der Waals surface area contributed by atoms with Crippen LogP contribution in [0.4, 0.5) is 4.39 Å². The molecule has 6 heteroatoms. The summed E-state index contributed by atoms with van der Waals surface area (Å²) < 4.78 is 13.7. The molecule has 136 valence electrons. The summed E-state index contributed by atoms with van der Waals surface area (Å²) in [5.41, 5.74) is 0.799. The van der Waals surface area contributed by atoms with E-state index in [1.165, 1.54) is 0 Å². The number of aliphatic imine (C=N–C) groups is 1. The molecule has 0 radical (unpaired) electrons. The predicted molar refractivity (Wildman–Crippen MR) is 109 cm³/mol. The zero-order valence-corrected chi connectivity index (χ0v) is 17.1. The first-order valence-corrected chi connectivity index (χ1v) is 8.63. The Bertz CT molecular complexity index is 502. The highest BCUT2D eigenvalue weighted by molar-refractivity contribution is 14.0. The Balaban J connectivity index is 0.00000288. The number of likely N-dealkylation sites (tertiary alicyclic amines) is 1. The molecule has 1 fully saturated rings. The number of piperidine rings is 1. The van der Waals surface area contributed by atoms with Crippen LogP contribution in [-0.2, 0) is 6.54 Å². The van der Waals surface area contributed by atoms with Crippen molar-refractivity contribution in [3.05, 3.63) is 35.6 Å². The first-order chi connectivity index (χ1) is 11.2. The Hall–Kier alpha value is -0.890. The van der Waals surface area contributed by atoms with Gasteiger partial charge in [-0.3, -0.25) is 9.89 Å². The molecule has 2 rings (SSSR count). The monoisotopic (exact) mass is 448 g/mol. The van der Waals surface area contributed by atoms with E-state index in [4.69, 9.17) is 0 Å². The lowest BCUT2D eigenvalue weighted by molar-refractivity contribution is 0.176. The minimum absolute atomic E-state index is 0. The number of halogens is 2. The van der Waals surface area contributed by atoms with E-state index in [9.17, 15) is 4.39 Å². The second kappa shape index (κ2) is 11.6. The zero-order chi connectivity index (χ0) is 16.5. The van der Waals surface area contributed by atoms with Gasteiger partial charge in [-0.2, -0.15) is 0 Å². The highest BCUT2D eigenvalue weighted by Gasteiger charge is 2.20. The fourth-order valence-electron chi connectivity index (χ4n) is 2.92. The van der Waals surface area contributed by atoms with Crippen molar-refractivity contribution in [3.63, 3.8) is 0 Å². The van der Waals surface area contributed by atoms with Crippen LogP contribution in [0.5, 0.6) is 0 Å². The molecule has 0 unspecified atom stereocenters. The molecule has 0 amide bonds. The van der Waals surface area contributed by atoms with Gasteiger partial charge in [-0.05, 0) is 44.3 Å². The van der Waals surface area contributed by atoms with Crippen LogP contribution in [0.25, 0.3) is 0 Å². The van der Waals surface area contributed by atoms with Crippen LogP contribution < -0.4 is 10.6 Å². The SMILES string of the molecule is CCCNC(=NC)NCC1CCN(Cc2ccccc2F)CC1.I. The molecule has 0 saturated carbocycles. The highest BCUT2D eigenvalue weighted by Crippen LogP contribution is 2.19. The van der Waals surface area contributed by atoms with Gasteiger partial charge in [0.15, 0.2) is 5.96 Å². The van der Waals surface area contributed by atoms with Crippen molar-refractivity contribution in [1.82, 2.24) is 15.5 Å². The van der Waals surface area contributed by atoms with Crippen molar-refractivity contribution in [2.75, 3.05) is 33.2 Å². The molecule has 1 saturated heterocycles. The van der Waals surface area contributed by atoms with Gasteiger partial charge >= 0.3 is 0 Å². The third kappa shape index (κ3) is 6.93. The van der Waals surface area contributed by atoms with Gasteiger partial charge in [0, 0.05) is 32.2 Å². The van der Waals surface area contributed by atoms with E-state index in [0.29, 0.717) is 12.5 Å². The van der Waals surface area contributed by atoms with Gasteiger partial charge in [-0.1, -0.05) is 25.1 Å². The lowest BCUT2D eigenvalue weighted by atomic mass is 9.96. The first kappa shape index (κ1) is 21.2. The smallest absolute Gasteiger partial charge is 0.190 e. The summed E-state index contributed by atoms with van der Waals surface area (Å²) in [6, 6.07) is 7.08. The molecular weight excluding hydrogens is 418 g/mol. The van der Waals surface area contributed by atoms with E-state index in [-0.39, 0.29) is 29.8 Å². The minimum atomic E-state index is -0.0953. The van der Waals surface area contributed by atoms with E-state index in [0.717, 1.165) is 57.0 Å². The second-order valence-corrected chi connectivity index (χ2v) is 6.19. The summed E-state index contributed by atoms with van der Waals surface area (Å²) in [6.45, 7) is 6.82. The summed E-state index contributed by atoms with van der Waals surface area (Å²) in [7, 11) is 1.81. The van der Waals surface area contributed by atoms with Crippen LogP contribution in [0.2, 0.25) is 0 Å². The van der Waals surface area contributed by atoms with Crippen molar-refractivity contribution >= 4 is 29.9 Å². The quantitative estimate of drug-likeness (QED) is 0.399. The number of guanidine groups is 1. The number of hydrogen-bond acceptors (Lipinski definition) is 2. The van der Waals surface area contributed by atoms with Gasteiger partial charge in [0.2, 0.25) is 0 Å². The molecule has 1 heterocycles. The molecule has 1 aromatic rings. The molecule has 0 spiro atoms. The van der Waals surface area contributed by atoms with Gasteiger partial charge in [-0.25, -0.2) is 4.39 Å². The third-order valence-electron chi connectivity index (χ3n) is 4.38. The molecule has 1 aliphatic rings. The number of nitrogens with one attached hydrogen (secondary N) is 2. The molecule has 2 N–H and O–H groups in total. The summed E-state index contributed by atoms with van der Waals surface area (Å²) in [5.74, 6) is 1.45. The van der Waals surface area contributed by atoms with E-state index in [1.807, 2.05) is 19.2 Å². The summed E-state index contributed by atoms with van der Waals surface area (Å²) in [4.78, 5) is 6.58. The lowest BCUT2D eigenvalue weighted by Gasteiger charge is -2.32. The first-order valence-electron chi connectivity index (χ1n) is 8.63. The maximum atomic E-state index is 13.7. The van der Waals surface area contributed by atoms with Crippen molar-refractivity contribution < 1.29 is 4.39 Å². The largest absolute Gasteiger partial charge is 0.356 e. The Morgan fingerprint density at radius 1 is 1.25 bits per heavy atom. The molecule has 0 aliphatic carbocycles. The van der Waals surface area contributed by atoms with Crippen molar-refractivity contribution in [1.29, 1.82) is 0 Å². The maximum absolute atomic E-state index is 13.7. The zero-order valence-electron chi connectivity index (χ0n) is 14.7. The molecule has 1 aromatic carbocycles. The van der Waals surface area contributed by atoms with Crippen LogP contribution in [0, 0.1) is 11.7 Å². The molecular formula is C18H30FIN4. The summed E-state index contributed by atoms with van der Waals surface area (Å²) >= 11 is 0. The van der Waals surface area contributed by atoms with Crippen LogP contribution in [0.3, 0.4) is 0 Å². The molecule has 0 bridgehead atoms. The minimum Gasteiger partial charge on any atom is -0.356 e. The van der Waals surface area contributed by atoms with Gasteiger partial charge in [0.1, 0.15) is 5.82 Å². The van der Waals surface area contributed by atoms with Crippen LogP contribution in [-0.4, -0.2) is 44.1 Å². The fourth-order valence-corrected chi connectivity index (χ4v) is 2.92.